The minimum atomic E-state index is -0.325. The van der Waals surface area contributed by atoms with Crippen LogP contribution in [0.15, 0.2) is 22.7 Å². The van der Waals surface area contributed by atoms with Crippen molar-refractivity contribution in [2.24, 2.45) is 5.92 Å². The molecule has 2 N–H and O–H groups in total. The lowest BCUT2D eigenvalue weighted by Gasteiger charge is -2.22. The van der Waals surface area contributed by atoms with Gasteiger partial charge in [-0.15, -0.1) is 0 Å². The zero-order valence-corrected chi connectivity index (χ0v) is 10.9. The first kappa shape index (κ1) is 12.5. The number of halogens is 2. The number of rotatable bonds is 2. The molecular weight excluding hydrogens is 287 g/mol. The molecule has 0 unspecified atom stereocenters. The van der Waals surface area contributed by atoms with Gasteiger partial charge >= 0.3 is 0 Å². The third-order valence-corrected chi connectivity index (χ3v) is 3.51. The summed E-state index contributed by atoms with van der Waals surface area (Å²) in [6, 6.07) is 4.24. The highest BCUT2D eigenvalue weighted by Gasteiger charge is 2.21. The van der Waals surface area contributed by atoms with Crippen LogP contribution in [-0.2, 0) is 4.79 Å². The topological polar surface area (TPSA) is 41.1 Å². The van der Waals surface area contributed by atoms with Crippen LogP contribution in [0.4, 0.5) is 10.1 Å². The maximum atomic E-state index is 12.9. The molecule has 0 radical (unpaired) electrons. The van der Waals surface area contributed by atoms with Crippen LogP contribution in [0.2, 0.25) is 0 Å². The molecule has 1 aliphatic heterocycles. The summed E-state index contributed by atoms with van der Waals surface area (Å²) in [5.74, 6) is -0.334. The van der Waals surface area contributed by atoms with Crippen molar-refractivity contribution >= 4 is 27.5 Å². The maximum Gasteiger partial charge on any atom is 0.228 e. The fourth-order valence-corrected chi connectivity index (χ4v) is 2.35. The number of nitrogens with one attached hydrogen (secondary N) is 2. The van der Waals surface area contributed by atoms with E-state index in [2.05, 4.69) is 26.6 Å². The first-order valence-corrected chi connectivity index (χ1v) is 6.43. The predicted octanol–water partition coefficient (Wildman–Crippen LogP) is 2.53. The number of piperidine rings is 1. The van der Waals surface area contributed by atoms with Crippen LogP contribution in [0.3, 0.4) is 0 Å². The molecule has 17 heavy (non-hydrogen) atoms. The highest BCUT2D eigenvalue weighted by atomic mass is 79.9. The summed E-state index contributed by atoms with van der Waals surface area (Å²) in [5.41, 5.74) is 0.613. The maximum absolute atomic E-state index is 12.9. The summed E-state index contributed by atoms with van der Waals surface area (Å²) >= 11 is 3.23. The molecule has 92 valence electrons. The molecule has 5 heteroatoms. The van der Waals surface area contributed by atoms with Crippen molar-refractivity contribution in [2.75, 3.05) is 18.4 Å². The van der Waals surface area contributed by atoms with E-state index in [9.17, 15) is 9.18 Å². The monoisotopic (exact) mass is 300 g/mol. The summed E-state index contributed by atoms with van der Waals surface area (Å²) in [6.45, 7) is 1.69. The minimum absolute atomic E-state index is 0.000651. The van der Waals surface area contributed by atoms with Crippen molar-refractivity contribution in [1.29, 1.82) is 0 Å². The quantitative estimate of drug-likeness (QED) is 0.881. The second-order valence-electron chi connectivity index (χ2n) is 4.16. The van der Waals surface area contributed by atoms with Crippen LogP contribution < -0.4 is 10.6 Å². The molecule has 0 aliphatic carbocycles. The number of amides is 1. The number of carbonyl (C=O) groups excluding carboxylic acids is 1. The van der Waals surface area contributed by atoms with E-state index in [1.54, 1.807) is 6.07 Å². The summed E-state index contributed by atoms with van der Waals surface area (Å²) in [4.78, 5) is 11.9. The van der Waals surface area contributed by atoms with Crippen LogP contribution in [0.1, 0.15) is 12.8 Å². The first-order chi connectivity index (χ1) is 8.16. The van der Waals surface area contributed by atoms with Gasteiger partial charge in [0.05, 0.1) is 11.6 Å². The zero-order valence-electron chi connectivity index (χ0n) is 9.30. The Morgan fingerprint density at radius 1 is 1.53 bits per heavy atom. The molecule has 3 nitrogen and oxygen atoms in total. The highest BCUT2D eigenvalue weighted by molar-refractivity contribution is 9.10. The summed E-state index contributed by atoms with van der Waals surface area (Å²) in [6.07, 6.45) is 1.92. The molecule has 1 aromatic rings. The van der Waals surface area contributed by atoms with Crippen LogP contribution in [0.5, 0.6) is 0 Å². The molecule has 1 aromatic carbocycles. The van der Waals surface area contributed by atoms with Gasteiger partial charge in [0.1, 0.15) is 5.82 Å². The van der Waals surface area contributed by atoms with Crippen molar-refractivity contribution in [2.45, 2.75) is 12.8 Å². The van der Waals surface area contributed by atoms with Gasteiger partial charge in [-0.25, -0.2) is 4.39 Å². The molecule has 0 bridgehead atoms. The second kappa shape index (κ2) is 5.60. The molecular formula is C12H14BrFN2O. The average Bonchev–Trinajstić information content (AvgIpc) is 2.34. The number of carbonyl (C=O) groups is 1. The van der Waals surface area contributed by atoms with Crippen LogP contribution in [0.25, 0.3) is 0 Å². The molecule has 1 heterocycles. The third kappa shape index (κ3) is 3.26. The van der Waals surface area contributed by atoms with Gasteiger partial charge in [0, 0.05) is 11.0 Å². The Balaban J connectivity index is 2.02. The van der Waals surface area contributed by atoms with E-state index >= 15 is 0 Å². The summed E-state index contributed by atoms with van der Waals surface area (Å²) in [7, 11) is 0. The Hall–Kier alpha value is -0.940. The lowest BCUT2D eigenvalue weighted by Crippen LogP contribution is -2.37. The fraction of sp³-hybridized carbons (Fsp3) is 0.417. The minimum Gasteiger partial charge on any atom is -0.325 e. The van der Waals surface area contributed by atoms with E-state index in [1.807, 2.05) is 0 Å². The largest absolute Gasteiger partial charge is 0.325 e. The Kier molecular flexibility index (Phi) is 4.12. The molecule has 1 atom stereocenters. The van der Waals surface area contributed by atoms with Gasteiger partial charge in [-0.2, -0.15) is 0 Å². The van der Waals surface area contributed by atoms with E-state index in [1.165, 1.54) is 12.1 Å². The van der Waals surface area contributed by atoms with Crippen molar-refractivity contribution in [3.63, 3.8) is 0 Å². The van der Waals surface area contributed by atoms with E-state index in [4.69, 9.17) is 0 Å². The summed E-state index contributed by atoms with van der Waals surface area (Å²) < 4.78 is 13.5. The molecule has 1 saturated heterocycles. The Morgan fingerprint density at radius 2 is 2.35 bits per heavy atom. The molecule has 1 amide bonds. The molecule has 1 aliphatic rings. The SMILES string of the molecule is O=C(Nc1ccc(F)cc1Br)[C@@H]1CCCNC1. The van der Waals surface area contributed by atoms with Gasteiger partial charge in [0.15, 0.2) is 0 Å². The molecule has 0 saturated carbocycles. The van der Waals surface area contributed by atoms with Crippen molar-refractivity contribution in [1.82, 2.24) is 5.32 Å². The van der Waals surface area contributed by atoms with Gasteiger partial charge in [0.2, 0.25) is 5.91 Å². The molecule has 0 spiro atoms. The van der Waals surface area contributed by atoms with E-state index in [0.29, 0.717) is 16.7 Å². The molecule has 0 aromatic heterocycles. The van der Waals surface area contributed by atoms with Gasteiger partial charge < -0.3 is 10.6 Å². The third-order valence-electron chi connectivity index (χ3n) is 2.86. The van der Waals surface area contributed by atoms with Gasteiger partial charge in [-0.3, -0.25) is 4.79 Å². The standard InChI is InChI=1S/C12H14BrFN2O/c13-10-6-9(14)3-4-11(10)16-12(17)8-2-1-5-15-7-8/h3-4,6,8,15H,1-2,5,7H2,(H,16,17)/t8-/m1/s1. The zero-order chi connectivity index (χ0) is 12.3. The molecule has 1 fully saturated rings. The van der Waals surface area contributed by atoms with Gasteiger partial charge in [-0.05, 0) is 53.5 Å². The van der Waals surface area contributed by atoms with Crippen molar-refractivity contribution in [3.8, 4) is 0 Å². The number of anilines is 1. The van der Waals surface area contributed by atoms with E-state index in [-0.39, 0.29) is 17.6 Å². The van der Waals surface area contributed by atoms with Crippen LogP contribution in [0, 0.1) is 11.7 Å². The van der Waals surface area contributed by atoms with Gasteiger partial charge in [-0.1, -0.05) is 0 Å². The molecule has 2 rings (SSSR count). The van der Waals surface area contributed by atoms with Crippen molar-refractivity contribution < 1.29 is 9.18 Å². The lowest BCUT2D eigenvalue weighted by atomic mass is 9.99. The van der Waals surface area contributed by atoms with Crippen LogP contribution >= 0.6 is 15.9 Å². The Labute approximate surface area is 108 Å². The fourth-order valence-electron chi connectivity index (χ4n) is 1.90. The van der Waals surface area contributed by atoms with E-state index < -0.39 is 0 Å². The normalized spacial score (nSPS) is 20.0. The number of hydrogen-bond donors (Lipinski definition) is 2. The average molecular weight is 301 g/mol. The van der Waals surface area contributed by atoms with E-state index in [0.717, 1.165) is 19.4 Å². The van der Waals surface area contributed by atoms with Crippen molar-refractivity contribution in [3.05, 3.63) is 28.5 Å². The van der Waals surface area contributed by atoms with Crippen LogP contribution in [-0.4, -0.2) is 19.0 Å². The Bertz CT molecular complexity index is 419. The summed E-state index contributed by atoms with van der Waals surface area (Å²) in [5, 5.41) is 6.01. The number of hydrogen-bond acceptors (Lipinski definition) is 2. The lowest BCUT2D eigenvalue weighted by molar-refractivity contribution is -0.120. The van der Waals surface area contributed by atoms with Gasteiger partial charge in [0.25, 0.3) is 0 Å². The highest BCUT2D eigenvalue weighted by Crippen LogP contribution is 2.24. The second-order valence-corrected chi connectivity index (χ2v) is 5.01. The number of benzene rings is 1. The predicted molar refractivity (Wildman–Crippen MR) is 68.3 cm³/mol. The smallest absolute Gasteiger partial charge is 0.228 e. The first-order valence-electron chi connectivity index (χ1n) is 5.63. The Morgan fingerprint density at radius 3 is 3.00 bits per heavy atom.